The van der Waals surface area contributed by atoms with Crippen LogP contribution in [0.1, 0.15) is 40.0 Å². The maximum Gasteiger partial charge on any atom is 0.474 e. The Morgan fingerprint density at radius 1 is 1.03 bits per heavy atom. The van der Waals surface area contributed by atoms with E-state index in [0.29, 0.717) is 0 Å². The monoisotopic (exact) mass is 507 g/mol. The van der Waals surface area contributed by atoms with Crippen molar-refractivity contribution in [1.29, 1.82) is 0 Å². The van der Waals surface area contributed by atoms with E-state index in [4.69, 9.17) is 32.8 Å². The van der Waals surface area contributed by atoms with Crippen molar-refractivity contribution in [2.45, 2.75) is 51.5 Å². The topological polar surface area (TPSA) is 204 Å². The zero-order valence-electron chi connectivity index (χ0n) is 18.3. The summed E-state index contributed by atoms with van der Waals surface area (Å²) < 4.78 is 48.3. The summed E-state index contributed by atoms with van der Waals surface area (Å²) in [6.45, 7) is 2.48. The average molecular weight is 507 g/mol. The average Bonchev–Trinajstić information content (AvgIpc) is 2.71. The first-order valence-electron chi connectivity index (χ1n) is 9.54. The third kappa shape index (κ3) is 12.0. The van der Waals surface area contributed by atoms with Crippen molar-refractivity contribution in [3.63, 3.8) is 0 Å². The standard InChI is InChI=1S/C16H31NO13P2/c1-5-14(19)27-10-12(30-15(20)6-2)11-29-32(25,26-4)28-8-7-17-13(18)9-16(3,21)31(22,23)24/h12,21H,5-11H2,1-4H3,(H,17,18)(H2,22,23,24). The second-order valence-corrected chi connectivity index (χ2v) is 10.4. The van der Waals surface area contributed by atoms with Crippen LogP contribution in [0.3, 0.4) is 0 Å². The first kappa shape index (κ1) is 30.6. The van der Waals surface area contributed by atoms with Crippen LogP contribution >= 0.6 is 15.4 Å². The first-order chi connectivity index (χ1) is 14.7. The van der Waals surface area contributed by atoms with Crippen LogP contribution < -0.4 is 5.32 Å². The minimum absolute atomic E-state index is 0.0469. The number of hydrogen-bond donors (Lipinski definition) is 4. The Kier molecular flexibility index (Phi) is 13.4. The van der Waals surface area contributed by atoms with Crippen molar-refractivity contribution in [1.82, 2.24) is 5.32 Å². The van der Waals surface area contributed by atoms with E-state index in [2.05, 4.69) is 5.32 Å². The predicted octanol–water partition coefficient (Wildman–Crippen LogP) is 0.442. The summed E-state index contributed by atoms with van der Waals surface area (Å²) in [5.74, 6) is -2.03. The summed E-state index contributed by atoms with van der Waals surface area (Å²) in [6.07, 6.45) is -1.80. The second kappa shape index (κ2) is 14.0. The van der Waals surface area contributed by atoms with E-state index in [9.17, 15) is 28.6 Å². The summed E-state index contributed by atoms with van der Waals surface area (Å²) >= 11 is 0. The Morgan fingerprint density at radius 3 is 2.12 bits per heavy atom. The van der Waals surface area contributed by atoms with E-state index in [1.807, 2.05) is 0 Å². The predicted molar refractivity (Wildman–Crippen MR) is 108 cm³/mol. The second-order valence-electron chi connectivity index (χ2n) is 6.55. The van der Waals surface area contributed by atoms with Crippen LogP contribution in [0.5, 0.6) is 0 Å². The molecule has 32 heavy (non-hydrogen) atoms. The molecular weight excluding hydrogens is 476 g/mol. The zero-order valence-corrected chi connectivity index (χ0v) is 20.1. The molecule has 0 saturated heterocycles. The number of esters is 2. The summed E-state index contributed by atoms with van der Waals surface area (Å²) in [7, 11) is -8.04. The van der Waals surface area contributed by atoms with Crippen molar-refractivity contribution < 1.29 is 61.5 Å². The SMILES string of the molecule is CCC(=O)OCC(COP(=O)(OC)OCCNC(=O)CC(C)(O)P(=O)(O)O)OC(=O)CC. The molecule has 0 aliphatic carbocycles. The minimum atomic E-state index is -4.93. The smallest absolute Gasteiger partial charge is 0.462 e. The van der Waals surface area contributed by atoms with Gasteiger partial charge in [-0.05, 0) is 6.92 Å². The Morgan fingerprint density at radius 2 is 1.62 bits per heavy atom. The number of carbonyl (C=O) groups excluding carboxylic acids is 3. The molecule has 0 spiro atoms. The Hall–Kier alpha value is -1.37. The molecule has 1 amide bonds. The summed E-state index contributed by atoms with van der Waals surface area (Å²) in [4.78, 5) is 52.5. The van der Waals surface area contributed by atoms with Crippen molar-refractivity contribution in [3.05, 3.63) is 0 Å². The third-order valence-corrected chi connectivity index (χ3v) is 6.57. The Balaban J connectivity index is 4.66. The van der Waals surface area contributed by atoms with Crippen LogP contribution in [0.2, 0.25) is 0 Å². The number of ether oxygens (including phenoxy) is 2. The molecule has 0 heterocycles. The maximum atomic E-state index is 12.5. The molecule has 4 N–H and O–H groups in total. The summed E-state index contributed by atoms with van der Waals surface area (Å²) in [6, 6.07) is 0. The Labute approximate surface area is 185 Å². The normalized spacial score (nSPS) is 16.3. The molecular formula is C16H31NO13P2. The quantitative estimate of drug-likeness (QED) is 0.127. The maximum absolute atomic E-state index is 12.5. The molecule has 16 heteroatoms. The molecule has 0 fully saturated rings. The fourth-order valence-corrected chi connectivity index (χ4v) is 3.11. The highest BCUT2D eigenvalue weighted by molar-refractivity contribution is 7.53. The molecule has 0 saturated carbocycles. The number of rotatable bonds is 16. The van der Waals surface area contributed by atoms with Crippen LogP contribution in [0.25, 0.3) is 0 Å². The highest BCUT2D eigenvalue weighted by Crippen LogP contribution is 2.50. The van der Waals surface area contributed by atoms with Gasteiger partial charge in [0.2, 0.25) is 5.91 Å². The number of aliphatic hydroxyl groups is 1. The highest BCUT2D eigenvalue weighted by Gasteiger charge is 2.42. The highest BCUT2D eigenvalue weighted by atomic mass is 31.2. The first-order valence-corrected chi connectivity index (χ1v) is 12.6. The van der Waals surface area contributed by atoms with E-state index in [-0.39, 0.29) is 32.6 Å². The molecule has 14 nitrogen and oxygen atoms in total. The van der Waals surface area contributed by atoms with E-state index in [1.54, 1.807) is 13.8 Å². The number of hydrogen-bond acceptors (Lipinski definition) is 11. The lowest BCUT2D eigenvalue weighted by Crippen LogP contribution is -2.35. The fourth-order valence-electron chi connectivity index (χ4n) is 1.81. The number of carbonyl (C=O) groups is 3. The van der Waals surface area contributed by atoms with Crippen molar-refractivity contribution >= 4 is 33.3 Å². The van der Waals surface area contributed by atoms with Crippen LogP contribution in [0, 0.1) is 0 Å². The zero-order chi connectivity index (χ0) is 25.0. The molecule has 0 radical (unpaired) electrons. The van der Waals surface area contributed by atoms with Gasteiger partial charge in [0.1, 0.15) is 6.61 Å². The van der Waals surface area contributed by atoms with Crippen LogP contribution in [0.15, 0.2) is 0 Å². The summed E-state index contributed by atoms with van der Waals surface area (Å²) in [5, 5.41) is 9.31. The molecule has 0 bridgehead atoms. The van der Waals surface area contributed by atoms with Gasteiger partial charge in [-0.1, -0.05) is 13.8 Å². The molecule has 0 rings (SSSR count). The van der Waals surface area contributed by atoms with Crippen molar-refractivity contribution in [2.75, 3.05) is 33.5 Å². The molecule has 3 atom stereocenters. The van der Waals surface area contributed by atoms with Gasteiger partial charge in [0.15, 0.2) is 11.4 Å². The summed E-state index contributed by atoms with van der Waals surface area (Å²) in [5.41, 5.74) is 0. The van der Waals surface area contributed by atoms with Crippen LogP contribution in [-0.2, 0) is 46.6 Å². The number of phosphoric ester groups is 1. The van der Waals surface area contributed by atoms with Gasteiger partial charge >= 0.3 is 27.4 Å². The molecule has 0 aromatic heterocycles. The van der Waals surface area contributed by atoms with Crippen molar-refractivity contribution in [2.24, 2.45) is 0 Å². The van der Waals surface area contributed by atoms with Crippen LogP contribution in [-0.4, -0.2) is 77.7 Å². The molecule has 0 aromatic carbocycles. The van der Waals surface area contributed by atoms with Gasteiger partial charge in [-0.3, -0.25) is 32.5 Å². The molecule has 188 valence electrons. The number of nitrogens with one attached hydrogen (secondary N) is 1. The Bertz CT molecular complexity index is 721. The third-order valence-electron chi connectivity index (χ3n) is 3.74. The molecule has 3 unspecified atom stereocenters. The van der Waals surface area contributed by atoms with Gasteiger partial charge in [0, 0.05) is 26.5 Å². The van der Waals surface area contributed by atoms with E-state index >= 15 is 0 Å². The molecule has 0 aliphatic heterocycles. The van der Waals surface area contributed by atoms with Gasteiger partial charge in [0.25, 0.3) is 0 Å². The lowest BCUT2D eigenvalue weighted by molar-refractivity contribution is -0.160. The molecule has 0 aliphatic rings. The lowest BCUT2D eigenvalue weighted by atomic mass is 10.2. The number of amides is 1. The van der Waals surface area contributed by atoms with Gasteiger partial charge in [-0.2, -0.15) is 0 Å². The molecule has 0 aromatic rings. The van der Waals surface area contributed by atoms with E-state index < -0.39 is 57.7 Å². The van der Waals surface area contributed by atoms with Crippen molar-refractivity contribution in [3.8, 4) is 0 Å². The van der Waals surface area contributed by atoms with E-state index in [0.717, 1.165) is 14.0 Å². The number of phosphoric acid groups is 1. The van der Waals surface area contributed by atoms with Gasteiger partial charge < -0.3 is 29.7 Å². The lowest BCUT2D eigenvalue weighted by Gasteiger charge is -2.23. The van der Waals surface area contributed by atoms with Gasteiger partial charge in [-0.25, -0.2) is 4.57 Å². The largest absolute Gasteiger partial charge is 0.474 e. The van der Waals surface area contributed by atoms with E-state index in [1.165, 1.54) is 0 Å². The van der Waals surface area contributed by atoms with Crippen LogP contribution in [0.4, 0.5) is 0 Å². The van der Waals surface area contributed by atoms with Gasteiger partial charge in [-0.15, -0.1) is 0 Å². The minimum Gasteiger partial charge on any atom is -0.462 e. The fraction of sp³-hybridized carbons (Fsp3) is 0.812. The van der Waals surface area contributed by atoms with Gasteiger partial charge in [0.05, 0.1) is 19.6 Å².